The predicted octanol–water partition coefficient (Wildman–Crippen LogP) is 1.91. The van der Waals surface area contributed by atoms with E-state index >= 15 is 0 Å². The van der Waals surface area contributed by atoms with E-state index in [1.54, 1.807) is 0 Å². The van der Waals surface area contributed by atoms with Crippen LogP contribution in [0.1, 0.15) is 18.9 Å². The first-order chi connectivity index (χ1) is 7.18. The van der Waals surface area contributed by atoms with Crippen molar-refractivity contribution in [3.63, 3.8) is 0 Å². The molecule has 1 aliphatic heterocycles. The Morgan fingerprint density at radius 1 is 1.53 bits per heavy atom. The topological polar surface area (TPSA) is 40.5 Å². The summed E-state index contributed by atoms with van der Waals surface area (Å²) in [4.78, 5) is 12.8. The third-order valence-corrected chi connectivity index (χ3v) is 2.93. The number of hydrogen-bond acceptors (Lipinski definition) is 2. The number of hydrogen-bond donors (Lipinski definition) is 1. The molecule has 0 bridgehead atoms. The first-order valence-corrected chi connectivity index (χ1v) is 5.25. The zero-order valence-electron chi connectivity index (χ0n) is 8.81. The Kier molecular flexibility index (Phi) is 2.62. The van der Waals surface area contributed by atoms with Gasteiger partial charge in [0.15, 0.2) is 0 Å². The molecule has 0 radical (unpaired) electrons. The van der Waals surface area contributed by atoms with Crippen molar-refractivity contribution in [1.82, 2.24) is 0 Å². The summed E-state index contributed by atoms with van der Waals surface area (Å²) in [5.41, 5.74) is 2.53. The maximum atomic E-state index is 10.7. The molecule has 0 saturated heterocycles. The van der Waals surface area contributed by atoms with E-state index in [0.717, 1.165) is 13.0 Å². The van der Waals surface area contributed by atoms with Crippen molar-refractivity contribution in [3.8, 4) is 0 Å². The van der Waals surface area contributed by atoms with Crippen LogP contribution in [0.15, 0.2) is 24.3 Å². The molecule has 0 saturated carbocycles. The van der Waals surface area contributed by atoms with Crippen LogP contribution in [0.25, 0.3) is 0 Å². The number of rotatable bonds is 3. The average molecular weight is 205 g/mol. The fraction of sp³-hybridized carbons (Fsp3) is 0.417. The molecule has 1 aliphatic rings. The lowest BCUT2D eigenvalue weighted by Crippen LogP contribution is -2.33. The Balaban J connectivity index is 2.16. The number of carboxylic acid groups (broad SMARTS) is 1. The van der Waals surface area contributed by atoms with Crippen molar-refractivity contribution in [2.75, 3.05) is 11.4 Å². The molecule has 0 amide bonds. The molecule has 0 fully saturated rings. The van der Waals surface area contributed by atoms with Crippen molar-refractivity contribution < 1.29 is 9.90 Å². The molecule has 0 aliphatic carbocycles. The molecule has 2 rings (SSSR count). The van der Waals surface area contributed by atoms with Crippen LogP contribution in [0.4, 0.5) is 5.69 Å². The molecule has 1 heterocycles. The summed E-state index contributed by atoms with van der Waals surface area (Å²) in [6, 6.07) is 8.30. The smallest absolute Gasteiger partial charge is 0.305 e. The van der Waals surface area contributed by atoms with E-state index in [9.17, 15) is 4.79 Å². The Hall–Kier alpha value is -1.51. The summed E-state index contributed by atoms with van der Waals surface area (Å²) in [7, 11) is 0. The van der Waals surface area contributed by atoms with Crippen molar-refractivity contribution in [2.45, 2.75) is 25.8 Å². The second-order valence-corrected chi connectivity index (χ2v) is 4.02. The van der Waals surface area contributed by atoms with Gasteiger partial charge in [-0.05, 0) is 25.0 Å². The van der Waals surface area contributed by atoms with E-state index in [4.69, 9.17) is 5.11 Å². The highest BCUT2D eigenvalue weighted by Gasteiger charge is 2.23. The minimum absolute atomic E-state index is 0.0751. The fourth-order valence-electron chi connectivity index (χ4n) is 2.18. The number of fused-ring (bicyclic) bond motifs is 1. The highest BCUT2D eigenvalue weighted by Crippen LogP contribution is 2.29. The van der Waals surface area contributed by atoms with Gasteiger partial charge < -0.3 is 10.0 Å². The van der Waals surface area contributed by atoms with Gasteiger partial charge in [-0.25, -0.2) is 0 Å². The standard InChI is InChI=1S/C12H15NO2/c1-9(8-12(14)15)13-7-6-10-4-2-3-5-11(10)13/h2-5,9H,6-8H2,1H3,(H,14,15)/t9-/m0/s1. The van der Waals surface area contributed by atoms with Crippen LogP contribution in [0.5, 0.6) is 0 Å². The maximum Gasteiger partial charge on any atom is 0.305 e. The van der Waals surface area contributed by atoms with Crippen LogP contribution in [0, 0.1) is 0 Å². The lowest BCUT2D eigenvalue weighted by atomic mass is 10.1. The fourth-order valence-corrected chi connectivity index (χ4v) is 2.18. The summed E-state index contributed by atoms with van der Waals surface area (Å²) in [6.07, 6.45) is 1.23. The molecule has 0 spiro atoms. The van der Waals surface area contributed by atoms with Crippen molar-refractivity contribution in [3.05, 3.63) is 29.8 Å². The molecule has 3 heteroatoms. The number of anilines is 1. The minimum atomic E-state index is -0.730. The van der Waals surface area contributed by atoms with Gasteiger partial charge in [0.1, 0.15) is 0 Å². The third-order valence-electron chi connectivity index (χ3n) is 2.93. The van der Waals surface area contributed by atoms with Crippen LogP contribution in [0.3, 0.4) is 0 Å². The van der Waals surface area contributed by atoms with Gasteiger partial charge in [0.05, 0.1) is 6.42 Å². The molecule has 15 heavy (non-hydrogen) atoms. The number of aliphatic carboxylic acids is 1. The zero-order valence-corrected chi connectivity index (χ0v) is 8.81. The first kappa shape index (κ1) is 10.0. The molecule has 1 aromatic rings. The molecule has 1 N–H and O–H groups in total. The predicted molar refractivity (Wildman–Crippen MR) is 59.2 cm³/mol. The van der Waals surface area contributed by atoms with Crippen LogP contribution < -0.4 is 4.90 Å². The van der Waals surface area contributed by atoms with Crippen LogP contribution >= 0.6 is 0 Å². The van der Waals surface area contributed by atoms with E-state index in [0.29, 0.717) is 0 Å². The van der Waals surface area contributed by atoms with E-state index < -0.39 is 5.97 Å². The van der Waals surface area contributed by atoms with Gasteiger partial charge in [-0.15, -0.1) is 0 Å². The second kappa shape index (κ2) is 3.93. The maximum absolute atomic E-state index is 10.7. The largest absolute Gasteiger partial charge is 0.481 e. The van der Waals surface area contributed by atoms with Crippen molar-refractivity contribution >= 4 is 11.7 Å². The Labute approximate surface area is 89.3 Å². The van der Waals surface area contributed by atoms with Crippen LogP contribution in [-0.4, -0.2) is 23.7 Å². The summed E-state index contributed by atoms with van der Waals surface area (Å²) < 4.78 is 0. The van der Waals surface area contributed by atoms with E-state index in [1.165, 1.54) is 11.3 Å². The van der Waals surface area contributed by atoms with E-state index in [-0.39, 0.29) is 12.5 Å². The molecule has 0 unspecified atom stereocenters. The summed E-state index contributed by atoms with van der Waals surface area (Å²) in [6.45, 7) is 2.91. The Morgan fingerprint density at radius 2 is 2.27 bits per heavy atom. The minimum Gasteiger partial charge on any atom is -0.481 e. The summed E-state index contributed by atoms with van der Waals surface area (Å²) >= 11 is 0. The van der Waals surface area contributed by atoms with Gasteiger partial charge in [-0.3, -0.25) is 4.79 Å². The van der Waals surface area contributed by atoms with Crippen LogP contribution in [-0.2, 0) is 11.2 Å². The van der Waals surface area contributed by atoms with E-state index in [1.807, 2.05) is 19.1 Å². The SMILES string of the molecule is C[C@@H](CC(=O)O)N1CCc2ccccc21. The molecular weight excluding hydrogens is 190 g/mol. The van der Waals surface area contributed by atoms with Gasteiger partial charge in [0, 0.05) is 18.3 Å². The quantitative estimate of drug-likeness (QED) is 0.819. The summed E-state index contributed by atoms with van der Waals surface area (Å²) in [5, 5.41) is 8.77. The van der Waals surface area contributed by atoms with Gasteiger partial charge in [-0.1, -0.05) is 18.2 Å². The normalized spacial score (nSPS) is 16.2. The zero-order chi connectivity index (χ0) is 10.8. The number of benzene rings is 1. The second-order valence-electron chi connectivity index (χ2n) is 4.02. The lowest BCUT2D eigenvalue weighted by Gasteiger charge is -2.25. The molecular formula is C12H15NO2. The first-order valence-electron chi connectivity index (χ1n) is 5.25. The summed E-state index contributed by atoms with van der Waals surface area (Å²) in [5.74, 6) is -0.730. The van der Waals surface area contributed by atoms with Gasteiger partial charge in [-0.2, -0.15) is 0 Å². The van der Waals surface area contributed by atoms with Gasteiger partial charge in [0.2, 0.25) is 0 Å². The Bertz CT molecular complexity index is 376. The third kappa shape index (κ3) is 1.96. The Morgan fingerprint density at radius 3 is 3.00 bits per heavy atom. The average Bonchev–Trinajstić information content (AvgIpc) is 2.59. The molecule has 1 atom stereocenters. The molecule has 0 aromatic heterocycles. The van der Waals surface area contributed by atoms with E-state index in [2.05, 4.69) is 17.0 Å². The highest BCUT2D eigenvalue weighted by molar-refractivity contribution is 5.69. The number of carboxylic acids is 1. The molecule has 3 nitrogen and oxygen atoms in total. The number of carbonyl (C=O) groups is 1. The molecule has 80 valence electrons. The van der Waals surface area contributed by atoms with Crippen molar-refractivity contribution in [1.29, 1.82) is 0 Å². The van der Waals surface area contributed by atoms with Crippen molar-refractivity contribution in [2.24, 2.45) is 0 Å². The molecule has 1 aromatic carbocycles. The van der Waals surface area contributed by atoms with Gasteiger partial charge in [0.25, 0.3) is 0 Å². The highest BCUT2D eigenvalue weighted by atomic mass is 16.4. The van der Waals surface area contributed by atoms with Crippen LogP contribution in [0.2, 0.25) is 0 Å². The number of para-hydroxylation sites is 1. The lowest BCUT2D eigenvalue weighted by molar-refractivity contribution is -0.137. The van der Waals surface area contributed by atoms with Gasteiger partial charge >= 0.3 is 5.97 Å². The number of nitrogens with zero attached hydrogens (tertiary/aromatic N) is 1. The monoisotopic (exact) mass is 205 g/mol.